The molecule has 0 saturated heterocycles. The van der Waals surface area contributed by atoms with Gasteiger partial charge in [0.2, 0.25) is 0 Å². The molecule has 1 aromatic rings. The summed E-state index contributed by atoms with van der Waals surface area (Å²) in [4.78, 5) is 0. The Hall–Kier alpha value is -0.890. The Morgan fingerprint density at radius 3 is 2.74 bits per heavy atom. The second-order valence-corrected chi connectivity index (χ2v) is 6.77. The zero-order chi connectivity index (χ0) is 14.0. The van der Waals surface area contributed by atoms with E-state index in [1.165, 1.54) is 12.8 Å². The predicted molar refractivity (Wildman–Crippen MR) is 78.4 cm³/mol. The number of benzene rings is 1. The molecule has 0 aliphatic heterocycles. The van der Waals surface area contributed by atoms with E-state index in [1.54, 1.807) is 12.1 Å². The number of halogens is 1. The van der Waals surface area contributed by atoms with Crippen LogP contribution in [-0.2, 0) is 5.54 Å². The van der Waals surface area contributed by atoms with Crippen molar-refractivity contribution in [2.24, 2.45) is 17.6 Å². The summed E-state index contributed by atoms with van der Waals surface area (Å²) in [5.41, 5.74) is 8.24. The van der Waals surface area contributed by atoms with Gasteiger partial charge < -0.3 is 5.73 Å². The molecule has 0 amide bonds. The van der Waals surface area contributed by atoms with E-state index in [0.717, 1.165) is 30.4 Å². The van der Waals surface area contributed by atoms with Crippen LogP contribution in [0, 0.1) is 24.6 Å². The van der Waals surface area contributed by atoms with E-state index < -0.39 is 0 Å². The smallest absolute Gasteiger partial charge is 0.123 e. The third kappa shape index (κ3) is 3.56. The molecular weight excluding hydrogens is 237 g/mol. The summed E-state index contributed by atoms with van der Waals surface area (Å²) >= 11 is 0. The van der Waals surface area contributed by atoms with Crippen LogP contribution in [0.15, 0.2) is 18.2 Å². The highest BCUT2D eigenvalue weighted by Crippen LogP contribution is 2.40. The van der Waals surface area contributed by atoms with Crippen LogP contribution in [0.2, 0.25) is 0 Å². The van der Waals surface area contributed by atoms with Gasteiger partial charge in [-0.05, 0) is 61.3 Å². The Labute approximate surface area is 116 Å². The maximum Gasteiger partial charge on any atom is 0.123 e. The largest absolute Gasteiger partial charge is 0.321 e. The fourth-order valence-corrected chi connectivity index (χ4v) is 3.58. The third-order valence-corrected chi connectivity index (χ3v) is 4.31. The molecule has 2 atom stereocenters. The zero-order valence-electron chi connectivity index (χ0n) is 12.4. The molecule has 19 heavy (non-hydrogen) atoms. The first kappa shape index (κ1) is 14.5. The lowest BCUT2D eigenvalue weighted by Gasteiger charge is -2.39. The Bertz CT molecular complexity index is 421. The standard InChI is InChI=1S/C17H26FN/c1-12(2)7-14-5-4-6-17(19,11-14)15-8-13(3)9-16(18)10-15/h8-10,12,14H,4-7,11,19H2,1-3H3. The summed E-state index contributed by atoms with van der Waals surface area (Å²) in [5, 5.41) is 0. The van der Waals surface area contributed by atoms with E-state index in [0.29, 0.717) is 11.8 Å². The molecule has 2 rings (SSSR count). The topological polar surface area (TPSA) is 26.0 Å². The van der Waals surface area contributed by atoms with Crippen LogP contribution < -0.4 is 5.73 Å². The molecule has 0 radical (unpaired) electrons. The SMILES string of the molecule is Cc1cc(F)cc(C2(N)CCCC(CC(C)C)C2)c1. The van der Waals surface area contributed by atoms with E-state index in [4.69, 9.17) is 5.73 Å². The average Bonchev–Trinajstić information content (AvgIpc) is 2.26. The van der Waals surface area contributed by atoms with Crippen molar-refractivity contribution in [2.75, 3.05) is 0 Å². The van der Waals surface area contributed by atoms with Gasteiger partial charge in [-0.25, -0.2) is 4.39 Å². The summed E-state index contributed by atoms with van der Waals surface area (Å²) in [7, 11) is 0. The maximum atomic E-state index is 13.6. The second-order valence-electron chi connectivity index (χ2n) is 6.77. The zero-order valence-corrected chi connectivity index (χ0v) is 12.4. The molecule has 106 valence electrons. The summed E-state index contributed by atoms with van der Waals surface area (Å²) in [5.74, 6) is 1.23. The molecule has 1 saturated carbocycles. The molecule has 1 aliphatic rings. The van der Waals surface area contributed by atoms with Gasteiger partial charge in [-0.15, -0.1) is 0 Å². The molecule has 0 spiro atoms. The van der Waals surface area contributed by atoms with Gasteiger partial charge in [0.1, 0.15) is 5.82 Å². The Kier molecular flexibility index (Phi) is 4.29. The average molecular weight is 263 g/mol. The van der Waals surface area contributed by atoms with Crippen molar-refractivity contribution in [2.45, 2.75) is 58.4 Å². The van der Waals surface area contributed by atoms with Gasteiger partial charge >= 0.3 is 0 Å². The fraction of sp³-hybridized carbons (Fsp3) is 0.647. The number of hydrogen-bond acceptors (Lipinski definition) is 1. The lowest BCUT2D eigenvalue weighted by Crippen LogP contribution is -2.41. The highest BCUT2D eigenvalue weighted by atomic mass is 19.1. The number of rotatable bonds is 3. The Morgan fingerprint density at radius 1 is 1.37 bits per heavy atom. The molecule has 0 heterocycles. The van der Waals surface area contributed by atoms with Crippen LogP contribution in [0.25, 0.3) is 0 Å². The van der Waals surface area contributed by atoms with E-state index in [-0.39, 0.29) is 11.4 Å². The Morgan fingerprint density at radius 2 is 2.11 bits per heavy atom. The maximum absolute atomic E-state index is 13.6. The number of aryl methyl sites for hydroxylation is 1. The van der Waals surface area contributed by atoms with Crippen molar-refractivity contribution in [1.82, 2.24) is 0 Å². The van der Waals surface area contributed by atoms with Crippen LogP contribution in [0.5, 0.6) is 0 Å². The molecule has 1 nitrogen and oxygen atoms in total. The van der Waals surface area contributed by atoms with Gasteiger partial charge in [0.15, 0.2) is 0 Å². The summed E-state index contributed by atoms with van der Waals surface area (Å²) in [6.07, 6.45) is 5.63. The van der Waals surface area contributed by atoms with Crippen molar-refractivity contribution in [1.29, 1.82) is 0 Å². The van der Waals surface area contributed by atoms with Crippen LogP contribution >= 0.6 is 0 Å². The minimum absolute atomic E-state index is 0.161. The second kappa shape index (κ2) is 5.62. The normalized spacial score (nSPS) is 27.8. The molecule has 0 bridgehead atoms. The summed E-state index contributed by atoms with van der Waals surface area (Å²) in [6.45, 7) is 6.46. The fourth-order valence-electron chi connectivity index (χ4n) is 3.58. The quantitative estimate of drug-likeness (QED) is 0.852. The van der Waals surface area contributed by atoms with Gasteiger partial charge in [-0.1, -0.05) is 32.8 Å². The van der Waals surface area contributed by atoms with Crippen molar-refractivity contribution in [3.05, 3.63) is 35.1 Å². The molecule has 1 fully saturated rings. The summed E-state index contributed by atoms with van der Waals surface area (Å²) in [6, 6.07) is 5.26. The van der Waals surface area contributed by atoms with Gasteiger partial charge in [-0.3, -0.25) is 0 Å². The predicted octanol–water partition coefficient (Wildman–Crippen LogP) is 4.52. The molecule has 1 aliphatic carbocycles. The molecule has 0 aromatic heterocycles. The van der Waals surface area contributed by atoms with Crippen molar-refractivity contribution >= 4 is 0 Å². The lowest BCUT2D eigenvalue weighted by atomic mass is 9.70. The van der Waals surface area contributed by atoms with Crippen LogP contribution in [0.3, 0.4) is 0 Å². The monoisotopic (exact) mass is 263 g/mol. The Balaban J connectivity index is 2.21. The van der Waals surface area contributed by atoms with Crippen molar-refractivity contribution in [3.8, 4) is 0 Å². The van der Waals surface area contributed by atoms with E-state index in [9.17, 15) is 4.39 Å². The molecule has 2 N–H and O–H groups in total. The number of nitrogens with two attached hydrogens (primary N) is 1. The lowest BCUT2D eigenvalue weighted by molar-refractivity contribution is 0.202. The van der Waals surface area contributed by atoms with Gasteiger partial charge in [0.25, 0.3) is 0 Å². The van der Waals surface area contributed by atoms with E-state index in [1.807, 2.05) is 6.92 Å². The minimum atomic E-state index is -0.329. The molecule has 1 aromatic carbocycles. The van der Waals surface area contributed by atoms with Crippen molar-refractivity contribution < 1.29 is 4.39 Å². The highest BCUT2D eigenvalue weighted by molar-refractivity contribution is 5.30. The minimum Gasteiger partial charge on any atom is -0.321 e. The van der Waals surface area contributed by atoms with E-state index >= 15 is 0 Å². The molecular formula is C17H26FN. The van der Waals surface area contributed by atoms with Crippen LogP contribution in [-0.4, -0.2) is 0 Å². The van der Waals surface area contributed by atoms with Crippen LogP contribution in [0.4, 0.5) is 4.39 Å². The van der Waals surface area contributed by atoms with Crippen molar-refractivity contribution in [3.63, 3.8) is 0 Å². The van der Waals surface area contributed by atoms with Crippen LogP contribution in [0.1, 0.15) is 57.1 Å². The van der Waals surface area contributed by atoms with Gasteiger partial charge in [-0.2, -0.15) is 0 Å². The first-order valence-electron chi connectivity index (χ1n) is 7.45. The first-order chi connectivity index (χ1) is 8.89. The van der Waals surface area contributed by atoms with Gasteiger partial charge in [0.05, 0.1) is 0 Å². The summed E-state index contributed by atoms with van der Waals surface area (Å²) < 4.78 is 13.6. The van der Waals surface area contributed by atoms with E-state index in [2.05, 4.69) is 19.9 Å². The first-order valence-corrected chi connectivity index (χ1v) is 7.45. The molecule has 2 heteroatoms. The highest BCUT2D eigenvalue weighted by Gasteiger charge is 2.34. The molecule has 2 unspecified atom stereocenters. The number of hydrogen-bond donors (Lipinski definition) is 1. The van der Waals surface area contributed by atoms with Gasteiger partial charge in [0, 0.05) is 5.54 Å². The third-order valence-electron chi connectivity index (χ3n) is 4.31.